The van der Waals surface area contributed by atoms with Gasteiger partial charge in [-0.05, 0) is 13.8 Å². The van der Waals surface area contributed by atoms with Gasteiger partial charge in [-0.15, -0.1) is 11.6 Å². The first-order valence-corrected chi connectivity index (χ1v) is 4.23. The van der Waals surface area contributed by atoms with E-state index in [1.54, 1.807) is 0 Å². The van der Waals surface area contributed by atoms with E-state index in [9.17, 15) is 9.90 Å². The Bertz CT molecular complexity index is 161. The fraction of sp³-hybridized carbons (Fsp3) is 0.857. The fourth-order valence-corrected chi connectivity index (χ4v) is 0.703. The number of carboxylic acid groups (broad SMARTS) is 1. The van der Waals surface area contributed by atoms with E-state index in [0.717, 1.165) is 0 Å². The van der Waals surface area contributed by atoms with Crippen LogP contribution in [0.5, 0.6) is 0 Å². The van der Waals surface area contributed by atoms with E-state index in [1.807, 2.05) is 0 Å². The van der Waals surface area contributed by atoms with E-state index in [1.165, 1.54) is 19.2 Å². The van der Waals surface area contributed by atoms with Crippen molar-refractivity contribution >= 4 is 17.6 Å². The van der Waals surface area contributed by atoms with Crippen molar-refractivity contribution in [2.75, 3.05) is 12.4 Å². The topological polar surface area (TPSA) is 77.0 Å². The van der Waals surface area contributed by atoms with Crippen LogP contribution < -0.4 is 10.4 Å². The van der Waals surface area contributed by atoms with Crippen molar-refractivity contribution in [3.63, 3.8) is 0 Å². The molecule has 5 heteroatoms. The van der Waals surface area contributed by atoms with Gasteiger partial charge in [0, 0.05) is 0 Å². The van der Waals surface area contributed by atoms with Gasteiger partial charge in [-0.3, -0.25) is 0 Å². The summed E-state index contributed by atoms with van der Waals surface area (Å²) in [5.41, 5.74) is -1.01. The second kappa shape index (κ2) is 4.64. The van der Waals surface area contributed by atoms with Crippen LogP contribution in [0.15, 0.2) is 0 Å². The minimum Gasteiger partial charge on any atom is -0.544 e. The predicted molar refractivity (Wildman–Crippen MR) is 42.6 cm³/mol. The number of aliphatic hydroxyl groups excluding tert-OH is 1. The standard InChI is InChI=1S/C7H14ClNO3/c1-7(2,6(11)12)9-4-5(10)3-8/h5,9-10H,3-4H2,1-2H3,(H,11,12). The summed E-state index contributed by atoms with van der Waals surface area (Å²) in [6, 6.07) is 0. The highest BCUT2D eigenvalue weighted by Crippen LogP contribution is 1.91. The number of carboxylic acids is 1. The van der Waals surface area contributed by atoms with Crippen LogP contribution >= 0.6 is 11.6 Å². The quantitative estimate of drug-likeness (QED) is 0.484. The molecule has 0 aromatic heterocycles. The van der Waals surface area contributed by atoms with Gasteiger partial charge >= 0.3 is 0 Å². The second-order valence-electron chi connectivity index (χ2n) is 3.26. The first kappa shape index (κ1) is 11.7. The van der Waals surface area contributed by atoms with Gasteiger partial charge in [0.05, 0.1) is 5.88 Å². The third kappa shape index (κ3) is 3.90. The van der Waals surface area contributed by atoms with Crippen LogP contribution in [0.2, 0.25) is 0 Å². The summed E-state index contributed by atoms with van der Waals surface area (Å²) in [5, 5.41) is 21.0. The molecule has 72 valence electrons. The lowest BCUT2D eigenvalue weighted by Crippen LogP contribution is -2.99. The van der Waals surface area contributed by atoms with Crippen LogP contribution in [-0.4, -0.2) is 35.1 Å². The molecule has 0 bridgehead atoms. The average molecular weight is 196 g/mol. The Morgan fingerprint density at radius 2 is 2.25 bits per heavy atom. The summed E-state index contributed by atoms with van der Waals surface area (Å²) < 4.78 is 0. The summed E-state index contributed by atoms with van der Waals surface area (Å²) in [6.45, 7) is 3.30. The lowest BCUT2D eigenvalue weighted by atomic mass is 10.1. The zero-order valence-electron chi connectivity index (χ0n) is 7.21. The van der Waals surface area contributed by atoms with E-state index in [-0.39, 0.29) is 12.4 Å². The molecule has 1 atom stereocenters. The summed E-state index contributed by atoms with van der Waals surface area (Å²) >= 11 is 5.33. The van der Waals surface area contributed by atoms with Gasteiger partial charge < -0.3 is 20.3 Å². The molecule has 0 spiro atoms. The fourth-order valence-electron chi connectivity index (χ4n) is 0.577. The third-order valence-electron chi connectivity index (χ3n) is 1.60. The number of carbonyl (C=O) groups is 1. The van der Waals surface area contributed by atoms with Gasteiger partial charge in [-0.1, -0.05) is 0 Å². The third-order valence-corrected chi connectivity index (χ3v) is 1.96. The second-order valence-corrected chi connectivity index (χ2v) is 3.57. The van der Waals surface area contributed by atoms with Crippen molar-refractivity contribution in [1.82, 2.24) is 0 Å². The van der Waals surface area contributed by atoms with Gasteiger partial charge in [-0.2, -0.15) is 0 Å². The number of halogens is 1. The van der Waals surface area contributed by atoms with Crippen molar-refractivity contribution < 1.29 is 20.3 Å². The molecule has 0 radical (unpaired) electrons. The van der Waals surface area contributed by atoms with Crippen molar-refractivity contribution in [2.45, 2.75) is 25.5 Å². The number of carbonyl (C=O) groups excluding carboxylic acids is 1. The summed E-state index contributed by atoms with van der Waals surface area (Å²) in [5.74, 6) is -1.04. The summed E-state index contributed by atoms with van der Waals surface area (Å²) in [7, 11) is 0. The van der Waals surface area contributed by atoms with Gasteiger partial charge in [-0.25, -0.2) is 0 Å². The first-order chi connectivity index (χ1) is 5.40. The number of rotatable bonds is 5. The van der Waals surface area contributed by atoms with E-state index >= 15 is 0 Å². The molecule has 0 heterocycles. The monoisotopic (exact) mass is 195 g/mol. The SMILES string of the molecule is CC(C)([NH2+]CC(O)CCl)C(=O)[O-]. The van der Waals surface area contributed by atoms with Crippen LogP contribution in [0.1, 0.15) is 13.8 Å². The zero-order valence-corrected chi connectivity index (χ0v) is 7.97. The number of alkyl halides is 1. The summed E-state index contributed by atoms with van der Waals surface area (Å²) in [4.78, 5) is 10.5. The van der Waals surface area contributed by atoms with Crippen molar-refractivity contribution in [1.29, 1.82) is 0 Å². The minimum absolute atomic E-state index is 0.111. The molecule has 0 aromatic rings. The lowest BCUT2D eigenvalue weighted by Gasteiger charge is -2.24. The number of quaternary nitrogens is 1. The molecule has 0 aliphatic heterocycles. The van der Waals surface area contributed by atoms with Crippen LogP contribution in [0.25, 0.3) is 0 Å². The molecule has 0 rings (SSSR count). The maximum absolute atomic E-state index is 10.5. The maximum atomic E-state index is 10.5. The van der Waals surface area contributed by atoms with E-state index in [4.69, 9.17) is 16.7 Å². The molecular weight excluding hydrogens is 182 g/mol. The molecule has 0 aliphatic rings. The van der Waals surface area contributed by atoms with Crippen molar-refractivity contribution in [3.05, 3.63) is 0 Å². The van der Waals surface area contributed by atoms with Gasteiger partial charge in [0.1, 0.15) is 24.2 Å². The Hall–Kier alpha value is -0.320. The van der Waals surface area contributed by atoms with Crippen LogP contribution in [-0.2, 0) is 4.79 Å². The van der Waals surface area contributed by atoms with E-state index < -0.39 is 17.6 Å². The molecule has 0 saturated carbocycles. The van der Waals surface area contributed by atoms with Crippen LogP contribution in [0.3, 0.4) is 0 Å². The molecule has 1 unspecified atom stereocenters. The highest BCUT2D eigenvalue weighted by atomic mass is 35.5. The average Bonchev–Trinajstić information content (AvgIpc) is 2.00. The molecule has 4 nitrogen and oxygen atoms in total. The molecule has 0 fully saturated rings. The number of hydrogen-bond acceptors (Lipinski definition) is 3. The molecule has 0 aromatic carbocycles. The zero-order chi connectivity index (χ0) is 9.78. The summed E-state index contributed by atoms with van der Waals surface area (Å²) in [6.07, 6.45) is -0.676. The Morgan fingerprint density at radius 3 is 2.58 bits per heavy atom. The first-order valence-electron chi connectivity index (χ1n) is 3.70. The number of nitrogens with two attached hydrogens (primary N) is 1. The highest BCUT2D eigenvalue weighted by Gasteiger charge is 2.23. The predicted octanol–water partition coefficient (Wildman–Crippen LogP) is -2.32. The van der Waals surface area contributed by atoms with Crippen LogP contribution in [0, 0.1) is 0 Å². The smallest absolute Gasteiger partial charge is 0.130 e. The molecule has 0 amide bonds. The van der Waals surface area contributed by atoms with E-state index in [0.29, 0.717) is 0 Å². The number of hydrogen-bond donors (Lipinski definition) is 2. The Kier molecular flexibility index (Phi) is 4.52. The molecule has 0 aliphatic carbocycles. The maximum Gasteiger partial charge on any atom is 0.130 e. The normalized spacial score (nSPS) is 14.3. The van der Waals surface area contributed by atoms with Gasteiger partial charge in [0.25, 0.3) is 0 Å². The van der Waals surface area contributed by atoms with Crippen LogP contribution in [0.4, 0.5) is 0 Å². The molecular formula is C7H14ClNO3. The Morgan fingerprint density at radius 1 is 1.75 bits per heavy atom. The number of aliphatic hydroxyl groups is 1. The van der Waals surface area contributed by atoms with Crippen molar-refractivity contribution in [2.24, 2.45) is 0 Å². The Balaban J connectivity index is 3.83. The Labute approximate surface area is 76.5 Å². The van der Waals surface area contributed by atoms with Crippen molar-refractivity contribution in [3.8, 4) is 0 Å². The van der Waals surface area contributed by atoms with Gasteiger partial charge in [0.15, 0.2) is 0 Å². The lowest BCUT2D eigenvalue weighted by molar-refractivity contribution is -0.717. The number of aliphatic carboxylic acids is 1. The largest absolute Gasteiger partial charge is 0.544 e. The molecule has 12 heavy (non-hydrogen) atoms. The molecule has 0 saturated heterocycles. The molecule has 3 N–H and O–H groups in total. The highest BCUT2D eigenvalue weighted by molar-refractivity contribution is 6.18. The minimum atomic E-state index is -1.15. The van der Waals surface area contributed by atoms with Gasteiger partial charge in [0.2, 0.25) is 0 Å². The van der Waals surface area contributed by atoms with E-state index in [2.05, 4.69) is 0 Å².